The Kier molecular flexibility index (Phi) is 3.11. The first kappa shape index (κ1) is 14.2. The highest BCUT2D eigenvalue weighted by atomic mass is 19.1. The van der Waals surface area contributed by atoms with E-state index in [-0.39, 0.29) is 17.3 Å². The summed E-state index contributed by atoms with van der Waals surface area (Å²) in [6.07, 6.45) is 0.541. The second kappa shape index (κ2) is 4.61. The number of hydrogen-bond acceptors (Lipinski definition) is 3. The van der Waals surface area contributed by atoms with Gasteiger partial charge >= 0.3 is 6.09 Å². The zero-order chi connectivity index (χ0) is 15.3. The molecule has 1 fully saturated rings. The molecule has 1 saturated heterocycles. The molecule has 2 aliphatic rings. The number of likely N-dealkylation sites (tertiary alicyclic amines) is 1. The lowest BCUT2D eigenvalue weighted by atomic mass is 9.81. The molecule has 1 atom stereocenters. The van der Waals surface area contributed by atoms with E-state index < -0.39 is 5.60 Å². The largest absolute Gasteiger partial charge is 0.444 e. The standard InChI is InChI=1S/C16H21FN2O2/c1-15(2,3)21-14(20)19-7-6-16(10-19)9-18-13-5-4-11(17)8-12(13)16/h4-5,8,18H,6-7,9-10H2,1-3H3. The molecule has 21 heavy (non-hydrogen) atoms. The topological polar surface area (TPSA) is 41.6 Å². The summed E-state index contributed by atoms with van der Waals surface area (Å²) in [5.41, 5.74) is 1.27. The van der Waals surface area contributed by atoms with Crippen molar-refractivity contribution in [1.82, 2.24) is 4.90 Å². The van der Waals surface area contributed by atoms with E-state index in [4.69, 9.17) is 4.74 Å². The second-order valence-corrected chi connectivity index (χ2v) is 6.98. The summed E-state index contributed by atoms with van der Waals surface area (Å²) in [6.45, 7) is 7.54. The van der Waals surface area contributed by atoms with E-state index in [2.05, 4.69) is 5.32 Å². The van der Waals surface area contributed by atoms with Crippen molar-refractivity contribution in [2.45, 2.75) is 38.2 Å². The fourth-order valence-electron chi connectivity index (χ4n) is 3.19. The van der Waals surface area contributed by atoms with Crippen LogP contribution in [0.1, 0.15) is 32.8 Å². The summed E-state index contributed by atoms with van der Waals surface area (Å²) in [5, 5.41) is 3.32. The maximum absolute atomic E-state index is 13.5. The van der Waals surface area contributed by atoms with E-state index in [1.807, 2.05) is 20.8 Å². The van der Waals surface area contributed by atoms with Crippen molar-refractivity contribution in [1.29, 1.82) is 0 Å². The van der Waals surface area contributed by atoms with Crippen molar-refractivity contribution >= 4 is 11.8 Å². The van der Waals surface area contributed by atoms with Crippen LogP contribution in [0.15, 0.2) is 18.2 Å². The number of carbonyl (C=O) groups is 1. The molecule has 1 aromatic carbocycles. The van der Waals surface area contributed by atoms with Gasteiger partial charge in [0.05, 0.1) is 0 Å². The number of fused-ring (bicyclic) bond motifs is 2. The Hall–Kier alpha value is -1.78. The van der Waals surface area contributed by atoms with Crippen molar-refractivity contribution in [3.8, 4) is 0 Å². The van der Waals surface area contributed by atoms with Gasteiger partial charge in [-0.15, -0.1) is 0 Å². The van der Waals surface area contributed by atoms with E-state index in [9.17, 15) is 9.18 Å². The minimum Gasteiger partial charge on any atom is -0.444 e. The Bertz CT molecular complexity index is 582. The lowest BCUT2D eigenvalue weighted by Crippen LogP contribution is -2.38. The van der Waals surface area contributed by atoms with Crippen molar-refractivity contribution in [2.75, 3.05) is 25.0 Å². The van der Waals surface area contributed by atoms with Gasteiger partial charge in [0.25, 0.3) is 0 Å². The van der Waals surface area contributed by atoms with Crippen LogP contribution in [0.5, 0.6) is 0 Å². The molecule has 114 valence electrons. The fraction of sp³-hybridized carbons (Fsp3) is 0.562. The Morgan fingerprint density at radius 2 is 2.19 bits per heavy atom. The summed E-state index contributed by atoms with van der Waals surface area (Å²) in [5.74, 6) is -0.229. The van der Waals surface area contributed by atoms with Crippen molar-refractivity contribution < 1.29 is 13.9 Å². The van der Waals surface area contributed by atoms with Gasteiger partial charge < -0.3 is 15.0 Å². The number of nitrogens with zero attached hydrogens (tertiary/aromatic N) is 1. The van der Waals surface area contributed by atoms with Crippen molar-refractivity contribution in [2.24, 2.45) is 0 Å². The normalized spacial score (nSPS) is 24.1. The molecule has 1 aromatic rings. The molecule has 1 spiro atoms. The zero-order valence-corrected chi connectivity index (χ0v) is 12.7. The molecule has 0 bridgehead atoms. The van der Waals surface area contributed by atoms with Gasteiger partial charge in [-0.25, -0.2) is 9.18 Å². The molecule has 1 amide bonds. The average Bonchev–Trinajstić information content (AvgIpc) is 2.95. The molecule has 5 heteroatoms. The van der Waals surface area contributed by atoms with Gasteiger partial charge in [-0.3, -0.25) is 0 Å². The lowest BCUT2D eigenvalue weighted by Gasteiger charge is -2.27. The highest BCUT2D eigenvalue weighted by molar-refractivity contribution is 5.70. The molecule has 0 aliphatic carbocycles. The van der Waals surface area contributed by atoms with E-state index in [0.29, 0.717) is 13.1 Å². The Labute approximate surface area is 124 Å². The third kappa shape index (κ3) is 2.57. The number of rotatable bonds is 0. The molecular weight excluding hydrogens is 271 g/mol. The number of halogens is 1. The molecule has 0 aromatic heterocycles. The molecular formula is C16H21FN2O2. The first-order valence-electron chi connectivity index (χ1n) is 7.31. The van der Waals surface area contributed by atoms with Crippen LogP contribution in [0.4, 0.5) is 14.9 Å². The highest BCUT2D eigenvalue weighted by Gasteiger charge is 2.46. The highest BCUT2D eigenvalue weighted by Crippen LogP contribution is 2.43. The van der Waals surface area contributed by atoms with Crippen molar-refractivity contribution in [3.63, 3.8) is 0 Å². The van der Waals surface area contributed by atoms with Gasteiger partial charge in [-0.1, -0.05) is 0 Å². The van der Waals surface area contributed by atoms with Crippen LogP contribution in [0.3, 0.4) is 0 Å². The van der Waals surface area contributed by atoms with Crippen LogP contribution in [0, 0.1) is 5.82 Å². The predicted molar refractivity (Wildman–Crippen MR) is 79.0 cm³/mol. The van der Waals surface area contributed by atoms with Crippen LogP contribution in [0.25, 0.3) is 0 Å². The SMILES string of the molecule is CC(C)(C)OC(=O)N1CCC2(CNc3ccc(F)cc32)C1. The molecule has 2 heterocycles. The summed E-state index contributed by atoms with van der Waals surface area (Å²) in [4.78, 5) is 13.9. The number of benzene rings is 1. The second-order valence-electron chi connectivity index (χ2n) is 6.98. The minimum atomic E-state index is -0.495. The quantitative estimate of drug-likeness (QED) is 0.799. The van der Waals surface area contributed by atoms with Crippen LogP contribution in [-0.4, -0.2) is 36.2 Å². The molecule has 2 aliphatic heterocycles. The Balaban J connectivity index is 1.79. The maximum Gasteiger partial charge on any atom is 0.410 e. The Morgan fingerprint density at radius 3 is 2.90 bits per heavy atom. The van der Waals surface area contributed by atoms with E-state index >= 15 is 0 Å². The molecule has 1 N–H and O–H groups in total. The van der Waals surface area contributed by atoms with E-state index in [0.717, 1.165) is 24.2 Å². The zero-order valence-electron chi connectivity index (χ0n) is 12.7. The molecule has 0 radical (unpaired) electrons. The summed E-state index contributed by atoms with van der Waals surface area (Å²) < 4.78 is 19.0. The van der Waals surface area contributed by atoms with Crippen LogP contribution in [-0.2, 0) is 10.2 Å². The maximum atomic E-state index is 13.5. The van der Waals surface area contributed by atoms with Gasteiger partial charge in [0.2, 0.25) is 0 Å². The van der Waals surface area contributed by atoms with Gasteiger partial charge in [0, 0.05) is 30.7 Å². The van der Waals surface area contributed by atoms with Crippen LogP contribution < -0.4 is 5.32 Å². The third-order valence-corrected chi connectivity index (χ3v) is 4.18. The molecule has 3 rings (SSSR count). The first-order chi connectivity index (χ1) is 9.79. The molecule has 0 saturated carbocycles. The number of anilines is 1. The third-order valence-electron chi connectivity index (χ3n) is 4.18. The van der Waals surface area contributed by atoms with Crippen molar-refractivity contribution in [3.05, 3.63) is 29.6 Å². The molecule has 4 nitrogen and oxygen atoms in total. The number of hydrogen-bond donors (Lipinski definition) is 1. The monoisotopic (exact) mass is 292 g/mol. The van der Waals surface area contributed by atoms with Crippen LogP contribution >= 0.6 is 0 Å². The minimum absolute atomic E-state index is 0.186. The van der Waals surface area contributed by atoms with Gasteiger partial charge in [0.1, 0.15) is 11.4 Å². The van der Waals surface area contributed by atoms with Gasteiger partial charge in [0.15, 0.2) is 0 Å². The first-order valence-corrected chi connectivity index (χ1v) is 7.31. The number of nitrogens with one attached hydrogen (secondary N) is 1. The number of carbonyl (C=O) groups excluding carboxylic acids is 1. The van der Waals surface area contributed by atoms with Crippen LogP contribution in [0.2, 0.25) is 0 Å². The number of amides is 1. The van der Waals surface area contributed by atoms with E-state index in [1.54, 1.807) is 17.0 Å². The fourth-order valence-corrected chi connectivity index (χ4v) is 3.19. The number of ether oxygens (including phenoxy) is 1. The Morgan fingerprint density at radius 1 is 1.43 bits per heavy atom. The lowest BCUT2D eigenvalue weighted by molar-refractivity contribution is 0.0285. The smallest absolute Gasteiger partial charge is 0.410 e. The van der Waals surface area contributed by atoms with E-state index in [1.165, 1.54) is 6.07 Å². The van der Waals surface area contributed by atoms with Gasteiger partial charge in [-0.05, 0) is 51.0 Å². The summed E-state index contributed by atoms with van der Waals surface area (Å²) >= 11 is 0. The molecule has 1 unspecified atom stereocenters. The summed E-state index contributed by atoms with van der Waals surface area (Å²) in [7, 11) is 0. The summed E-state index contributed by atoms with van der Waals surface area (Å²) in [6, 6.07) is 4.83. The van der Waals surface area contributed by atoms with Gasteiger partial charge in [-0.2, -0.15) is 0 Å². The average molecular weight is 292 g/mol. The predicted octanol–water partition coefficient (Wildman–Crippen LogP) is 3.13.